The van der Waals surface area contributed by atoms with Gasteiger partial charge in [-0.15, -0.1) is 0 Å². The molecule has 88 valence electrons. The van der Waals surface area contributed by atoms with Crippen LogP contribution in [-0.2, 0) is 22.9 Å². The fourth-order valence-corrected chi connectivity index (χ4v) is 2.74. The van der Waals surface area contributed by atoms with Crippen molar-refractivity contribution in [3.63, 3.8) is 0 Å². The van der Waals surface area contributed by atoms with Crippen LogP contribution in [-0.4, -0.2) is 26.4 Å². The van der Waals surface area contributed by atoms with Gasteiger partial charge in [0.1, 0.15) is 12.4 Å². The molecule has 0 N–H and O–H groups in total. The van der Waals surface area contributed by atoms with Crippen LogP contribution in [0, 0.1) is 0 Å². The average Bonchev–Trinajstić information content (AvgIpc) is 2.52. The summed E-state index contributed by atoms with van der Waals surface area (Å²) in [5.74, 6) is 0.472. The van der Waals surface area contributed by atoms with Crippen molar-refractivity contribution in [2.75, 3.05) is 26.4 Å². The Labute approximate surface area is 97.5 Å². The van der Waals surface area contributed by atoms with Gasteiger partial charge in [-0.05, 0) is 29.8 Å². The maximum absolute atomic E-state index is 11.9. The number of phosphoric ester groups is 1. The number of rotatable bonds is 6. The molecule has 15 heavy (non-hydrogen) atoms. The minimum atomic E-state index is -3.47. The lowest BCUT2D eigenvalue weighted by molar-refractivity contribution is 0.128. The Morgan fingerprint density at radius 3 is 2.33 bits per heavy atom. The summed E-state index contributed by atoms with van der Waals surface area (Å²) in [6.45, 7) is 4.69. The molecule has 0 fully saturated rings. The predicted octanol–water partition coefficient (Wildman–Crippen LogP) is 2.82. The van der Waals surface area contributed by atoms with E-state index in [1.807, 2.05) is 0 Å². The predicted molar refractivity (Wildman–Crippen MR) is 58.7 cm³/mol. The number of hydrogen-bond donors (Lipinski definition) is 0. The van der Waals surface area contributed by atoms with E-state index in [0.29, 0.717) is 12.4 Å². The number of hydrogen-bond acceptors (Lipinski definition) is 5. The zero-order chi connectivity index (χ0) is 11.3. The molecular formula is C8H14BrO5P. The van der Waals surface area contributed by atoms with Crippen LogP contribution in [0.5, 0.6) is 0 Å². The zero-order valence-corrected chi connectivity index (χ0v) is 11.2. The molecule has 1 aliphatic heterocycles. The SMILES string of the molecule is CCOP(=O)(OCC)OC1=C(Br)COC1. The molecule has 0 radical (unpaired) electrons. The highest BCUT2D eigenvalue weighted by Crippen LogP contribution is 2.52. The molecular weight excluding hydrogens is 287 g/mol. The van der Waals surface area contributed by atoms with Gasteiger partial charge in [-0.2, -0.15) is 0 Å². The Morgan fingerprint density at radius 2 is 1.93 bits per heavy atom. The zero-order valence-electron chi connectivity index (χ0n) is 8.69. The number of ether oxygens (including phenoxy) is 1. The lowest BCUT2D eigenvalue weighted by Crippen LogP contribution is -2.01. The van der Waals surface area contributed by atoms with Crippen LogP contribution < -0.4 is 0 Å². The molecule has 1 aliphatic rings. The summed E-state index contributed by atoms with van der Waals surface area (Å²) in [5.41, 5.74) is 0. The van der Waals surface area contributed by atoms with Gasteiger partial charge in [-0.1, -0.05) is 0 Å². The van der Waals surface area contributed by atoms with Crippen molar-refractivity contribution in [1.29, 1.82) is 0 Å². The van der Waals surface area contributed by atoms with E-state index in [2.05, 4.69) is 15.9 Å². The van der Waals surface area contributed by atoms with E-state index in [1.165, 1.54) is 0 Å². The fourth-order valence-electron chi connectivity index (χ4n) is 1.01. The normalized spacial score (nSPS) is 17.3. The van der Waals surface area contributed by atoms with Crippen molar-refractivity contribution >= 4 is 23.8 Å². The standard InChI is InChI=1S/C8H14BrO5P/c1-3-12-15(10,13-4-2)14-8-6-11-5-7(8)9/h3-6H2,1-2H3. The van der Waals surface area contributed by atoms with Crippen LogP contribution in [0.3, 0.4) is 0 Å². The van der Waals surface area contributed by atoms with Crippen LogP contribution in [0.2, 0.25) is 0 Å². The summed E-state index contributed by atoms with van der Waals surface area (Å²) in [7, 11) is -3.47. The van der Waals surface area contributed by atoms with E-state index in [9.17, 15) is 4.57 Å². The highest BCUT2D eigenvalue weighted by molar-refractivity contribution is 9.11. The van der Waals surface area contributed by atoms with Gasteiger partial charge in [0.05, 0.1) is 24.3 Å². The second-order valence-electron chi connectivity index (χ2n) is 2.69. The third-order valence-electron chi connectivity index (χ3n) is 1.56. The summed E-state index contributed by atoms with van der Waals surface area (Å²) in [5, 5.41) is 0. The molecule has 0 atom stereocenters. The lowest BCUT2D eigenvalue weighted by Gasteiger charge is -2.17. The second-order valence-corrected chi connectivity index (χ2v) is 5.25. The molecule has 1 rings (SSSR count). The third kappa shape index (κ3) is 3.89. The first-order valence-corrected chi connectivity index (χ1v) is 6.90. The van der Waals surface area contributed by atoms with Crippen LogP contribution in [0.25, 0.3) is 0 Å². The number of halogens is 1. The first kappa shape index (κ1) is 13.2. The van der Waals surface area contributed by atoms with Crippen LogP contribution in [0.1, 0.15) is 13.8 Å². The van der Waals surface area contributed by atoms with Crippen molar-refractivity contribution in [3.8, 4) is 0 Å². The van der Waals surface area contributed by atoms with Crippen LogP contribution >= 0.6 is 23.8 Å². The van der Waals surface area contributed by atoms with Crippen molar-refractivity contribution in [2.45, 2.75) is 13.8 Å². The molecule has 0 aromatic rings. The fraction of sp³-hybridized carbons (Fsp3) is 0.750. The highest BCUT2D eigenvalue weighted by Gasteiger charge is 2.30. The smallest absolute Gasteiger partial charge is 0.405 e. The van der Waals surface area contributed by atoms with Gasteiger partial charge in [0.25, 0.3) is 0 Å². The average molecular weight is 301 g/mol. The van der Waals surface area contributed by atoms with E-state index < -0.39 is 7.82 Å². The van der Waals surface area contributed by atoms with E-state index in [1.54, 1.807) is 13.8 Å². The summed E-state index contributed by atoms with van der Waals surface area (Å²) in [6, 6.07) is 0. The topological polar surface area (TPSA) is 54.0 Å². The lowest BCUT2D eigenvalue weighted by atomic mass is 10.5. The molecule has 0 aliphatic carbocycles. The monoisotopic (exact) mass is 300 g/mol. The molecule has 0 unspecified atom stereocenters. The molecule has 1 heterocycles. The van der Waals surface area contributed by atoms with E-state index >= 15 is 0 Å². The van der Waals surface area contributed by atoms with Gasteiger partial charge in [0.15, 0.2) is 0 Å². The van der Waals surface area contributed by atoms with Gasteiger partial charge >= 0.3 is 7.82 Å². The molecule has 0 saturated carbocycles. The van der Waals surface area contributed by atoms with Gasteiger partial charge in [-0.25, -0.2) is 4.57 Å². The first-order valence-electron chi connectivity index (χ1n) is 4.65. The van der Waals surface area contributed by atoms with Crippen molar-refractivity contribution in [1.82, 2.24) is 0 Å². The van der Waals surface area contributed by atoms with Crippen molar-refractivity contribution < 1.29 is 22.9 Å². The quantitative estimate of drug-likeness (QED) is 0.706. The van der Waals surface area contributed by atoms with Crippen molar-refractivity contribution in [3.05, 3.63) is 10.2 Å². The summed E-state index contributed by atoms with van der Waals surface area (Å²) in [4.78, 5) is 0. The molecule has 0 aromatic heterocycles. The van der Waals surface area contributed by atoms with Gasteiger partial charge in [-0.3, -0.25) is 9.05 Å². The van der Waals surface area contributed by atoms with Gasteiger partial charge in [0.2, 0.25) is 0 Å². The molecule has 0 spiro atoms. The molecule has 0 bridgehead atoms. The highest BCUT2D eigenvalue weighted by atomic mass is 79.9. The third-order valence-corrected chi connectivity index (χ3v) is 3.82. The maximum Gasteiger partial charge on any atom is 0.529 e. The minimum absolute atomic E-state index is 0.267. The molecule has 0 aromatic carbocycles. The molecule has 5 nitrogen and oxygen atoms in total. The van der Waals surface area contributed by atoms with Crippen LogP contribution in [0.15, 0.2) is 10.2 Å². The van der Waals surface area contributed by atoms with Gasteiger partial charge in [0, 0.05) is 0 Å². The van der Waals surface area contributed by atoms with Crippen molar-refractivity contribution in [2.24, 2.45) is 0 Å². The van der Waals surface area contributed by atoms with Crippen LogP contribution in [0.4, 0.5) is 0 Å². The Morgan fingerprint density at radius 1 is 1.33 bits per heavy atom. The van der Waals surface area contributed by atoms with Gasteiger partial charge < -0.3 is 9.26 Å². The largest absolute Gasteiger partial charge is 0.529 e. The first-order chi connectivity index (χ1) is 7.11. The van der Waals surface area contributed by atoms with E-state index in [0.717, 1.165) is 4.48 Å². The summed E-state index contributed by atoms with van der Waals surface area (Å²) < 4.78 is 32.9. The minimum Gasteiger partial charge on any atom is -0.405 e. The Balaban J connectivity index is 2.66. The Bertz CT molecular complexity index is 281. The number of phosphoric acid groups is 1. The van der Waals surface area contributed by atoms with E-state index in [-0.39, 0.29) is 19.8 Å². The maximum atomic E-state index is 11.9. The molecule has 7 heteroatoms. The Kier molecular flexibility index (Phi) is 5.29. The molecule has 0 amide bonds. The second kappa shape index (κ2) is 6.01. The van der Waals surface area contributed by atoms with E-state index in [4.69, 9.17) is 18.3 Å². The summed E-state index contributed by atoms with van der Waals surface area (Å²) in [6.07, 6.45) is 0. The molecule has 0 saturated heterocycles. The Hall–Kier alpha value is 0.130. The summed E-state index contributed by atoms with van der Waals surface area (Å²) >= 11 is 3.26.